The first-order chi connectivity index (χ1) is 14.0. The quantitative estimate of drug-likeness (QED) is 0.754. The minimum absolute atomic E-state index is 0.156. The van der Waals surface area contributed by atoms with Crippen LogP contribution >= 0.6 is 11.6 Å². The average Bonchev–Trinajstić information content (AvgIpc) is 3.37. The number of para-hydroxylation sites is 1. The zero-order valence-electron chi connectivity index (χ0n) is 16.2. The fourth-order valence-corrected chi connectivity index (χ4v) is 5.66. The Morgan fingerprint density at radius 1 is 1.24 bits per heavy atom. The highest BCUT2D eigenvalue weighted by atomic mass is 35.5. The summed E-state index contributed by atoms with van der Waals surface area (Å²) < 4.78 is 0. The van der Waals surface area contributed by atoms with Gasteiger partial charge in [-0.15, -0.1) is 0 Å². The van der Waals surface area contributed by atoms with Crippen LogP contribution in [0.25, 0.3) is 10.9 Å². The summed E-state index contributed by atoms with van der Waals surface area (Å²) in [4.78, 5) is 42.6. The van der Waals surface area contributed by atoms with Crippen LogP contribution in [0.3, 0.4) is 0 Å². The number of aryl methyl sites for hydroxylation is 1. The van der Waals surface area contributed by atoms with E-state index in [0.29, 0.717) is 5.02 Å². The molecule has 0 bridgehead atoms. The van der Waals surface area contributed by atoms with Gasteiger partial charge in [0, 0.05) is 17.5 Å². The van der Waals surface area contributed by atoms with Gasteiger partial charge in [0.15, 0.2) is 0 Å². The number of likely N-dealkylation sites (tertiary alicyclic amines) is 1. The maximum absolute atomic E-state index is 12.8. The molecule has 1 aromatic heterocycles. The van der Waals surface area contributed by atoms with Gasteiger partial charge in [0.25, 0.3) is 0 Å². The van der Waals surface area contributed by atoms with Crippen molar-refractivity contribution in [2.45, 2.75) is 57.4 Å². The van der Waals surface area contributed by atoms with Crippen molar-refractivity contribution in [2.24, 2.45) is 5.41 Å². The topological polar surface area (TPSA) is 82.3 Å². The minimum Gasteiger partial charge on any atom is -0.355 e. The highest BCUT2D eigenvalue weighted by Gasteiger charge is 2.52. The van der Waals surface area contributed by atoms with Gasteiger partial charge in [-0.3, -0.25) is 19.3 Å². The molecule has 3 amide bonds. The molecule has 2 aliphatic carbocycles. The minimum atomic E-state index is -0.538. The summed E-state index contributed by atoms with van der Waals surface area (Å²) in [6, 6.07) is 5.67. The fourth-order valence-electron chi connectivity index (χ4n) is 5.44. The number of fused-ring (bicyclic) bond motifs is 3. The molecule has 1 spiro atoms. The third kappa shape index (κ3) is 2.96. The zero-order chi connectivity index (χ0) is 20.2. The molecule has 1 atom stereocenters. The fraction of sp³-hybridized carbons (Fsp3) is 0.500. The summed E-state index contributed by atoms with van der Waals surface area (Å²) >= 11 is 6.33. The van der Waals surface area contributed by atoms with Crippen LogP contribution in [-0.4, -0.2) is 34.2 Å². The Hall–Kier alpha value is -2.34. The van der Waals surface area contributed by atoms with Crippen LogP contribution in [0, 0.1) is 5.41 Å². The van der Waals surface area contributed by atoms with Gasteiger partial charge >= 0.3 is 0 Å². The molecule has 5 rings (SSSR count). The molecule has 29 heavy (non-hydrogen) atoms. The van der Waals surface area contributed by atoms with Gasteiger partial charge < -0.3 is 10.3 Å². The summed E-state index contributed by atoms with van der Waals surface area (Å²) in [5, 5.41) is 4.80. The van der Waals surface area contributed by atoms with Crippen LogP contribution in [0.1, 0.15) is 62.2 Å². The molecule has 0 unspecified atom stereocenters. The number of nitrogens with one attached hydrogen (secondary N) is 2. The summed E-state index contributed by atoms with van der Waals surface area (Å²) in [7, 11) is 0. The second kappa shape index (κ2) is 6.87. The first-order valence-corrected chi connectivity index (χ1v) is 10.8. The Balaban J connectivity index is 1.34. The number of hydrogen-bond acceptors (Lipinski definition) is 3. The maximum Gasteiger partial charge on any atom is 0.240 e. The highest BCUT2D eigenvalue weighted by Crippen LogP contribution is 2.46. The number of nitrogens with zero attached hydrogens (tertiary/aromatic N) is 1. The molecular weight excluding hydrogens is 390 g/mol. The number of aromatic amines is 1. The summed E-state index contributed by atoms with van der Waals surface area (Å²) in [5.41, 5.74) is 2.54. The van der Waals surface area contributed by atoms with Crippen molar-refractivity contribution in [3.8, 4) is 0 Å². The predicted molar refractivity (Wildman–Crippen MR) is 109 cm³/mol. The number of halogens is 1. The van der Waals surface area contributed by atoms with E-state index < -0.39 is 5.41 Å². The molecule has 2 fully saturated rings. The van der Waals surface area contributed by atoms with Crippen LogP contribution in [0.5, 0.6) is 0 Å². The lowest BCUT2D eigenvalue weighted by atomic mass is 9.84. The van der Waals surface area contributed by atoms with Crippen molar-refractivity contribution in [1.29, 1.82) is 0 Å². The van der Waals surface area contributed by atoms with Crippen molar-refractivity contribution in [3.05, 3.63) is 34.5 Å². The molecule has 1 aromatic carbocycles. The van der Waals surface area contributed by atoms with Crippen molar-refractivity contribution in [3.63, 3.8) is 0 Å². The number of imide groups is 1. The summed E-state index contributed by atoms with van der Waals surface area (Å²) in [6.07, 6.45) is 6.45. The molecule has 2 N–H and O–H groups in total. The number of benzene rings is 1. The number of rotatable bonds is 3. The largest absolute Gasteiger partial charge is 0.355 e. The summed E-state index contributed by atoms with van der Waals surface area (Å²) in [6.45, 7) is -0.188. The number of H-pyrrole nitrogens is 1. The second-order valence-electron chi connectivity index (χ2n) is 8.64. The lowest BCUT2D eigenvalue weighted by molar-refractivity contribution is -0.145. The molecule has 7 heteroatoms. The van der Waals surface area contributed by atoms with Gasteiger partial charge in [-0.1, -0.05) is 36.6 Å². The molecule has 152 valence electrons. The van der Waals surface area contributed by atoms with E-state index in [9.17, 15) is 14.4 Å². The zero-order valence-corrected chi connectivity index (χ0v) is 17.0. The smallest absolute Gasteiger partial charge is 0.240 e. The highest BCUT2D eigenvalue weighted by molar-refractivity contribution is 6.35. The standard InChI is InChI=1S/C22H24ClN3O3/c23-15-7-3-5-13-14-6-4-8-16(20(14)25-19(13)15)24-17(27)12-26-18(28)11-22(21(26)29)9-1-2-10-22/h3,5,7,16,25H,1-2,4,6,8-12H2,(H,24,27)/t16-/m1/s1. The maximum atomic E-state index is 12.8. The average molecular weight is 414 g/mol. The first-order valence-electron chi connectivity index (χ1n) is 10.4. The summed E-state index contributed by atoms with van der Waals surface area (Å²) in [5.74, 6) is -0.657. The van der Waals surface area contributed by atoms with E-state index in [1.807, 2.05) is 18.2 Å². The molecule has 0 radical (unpaired) electrons. The van der Waals surface area contributed by atoms with Gasteiger partial charge in [0.2, 0.25) is 17.7 Å². The van der Waals surface area contributed by atoms with Crippen LogP contribution in [0.2, 0.25) is 5.02 Å². The van der Waals surface area contributed by atoms with Gasteiger partial charge in [-0.05, 0) is 43.7 Å². The Bertz CT molecular complexity index is 1020. The lowest BCUT2D eigenvalue weighted by Gasteiger charge is -2.25. The Kier molecular flexibility index (Phi) is 4.42. The molecule has 3 aliphatic rings. The van der Waals surface area contributed by atoms with Gasteiger partial charge in [0.05, 0.1) is 22.0 Å². The van der Waals surface area contributed by atoms with Crippen molar-refractivity contribution >= 4 is 40.2 Å². The number of carbonyl (C=O) groups is 3. The van der Waals surface area contributed by atoms with E-state index in [0.717, 1.165) is 61.5 Å². The molecule has 1 saturated carbocycles. The third-order valence-electron chi connectivity index (χ3n) is 6.88. The third-order valence-corrected chi connectivity index (χ3v) is 7.19. The monoisotopic (exact) mass is 413 g/mol. The molecule has 6 nitrogen and oxygen atoms in total. The van der Waals surface area contributed by atoms with Crippen molar-refractivity contribution in [1.82, 2.24) is 15.2 Å². The number of hydrogen-bond donors (Lipinski definition) is 2. The van der Waals surface area contributed by atoms with Gasteiger partial charge in [-0.2, -0.15) is 0 Å². The SMILES string of the molecule is O=C(CN1C(=O)CC2(CCCC2)C1=O)N[C@@H]1CCCc2c1[nH]c1c(Cl)cccc21. The van der Waals surface area contributed by atoms with E-state index in [1.54, 1.807) is 0 Å². The molecule has 2 heterocycles. The molecule has 2 aromatic rings. The van der Waals surface area contributed by atoms with Crippen LogP contribution < -0.4 is 5.32 Å². The van der Waals surface area contributed by atoms with Crippen LogP contribution in [0.15, 0.2) is 18.2 Å². The van der Waals surface area contributed by atoms with E-state index in [4.69, 9.17) is 11.6 Å². The van der Waals surface area contributed by atoms with E-state index in [1.165, 1.54) is 10.5 Å². The molecular formula is C22H24ClN3O3. The van der Waals surface area contributed by atoms with Gasteiger partial charge in [-0.25, -0.2) is 0 Å². The van der Waals surface area contributed by atoms with Gasteiger partial charge in [0.1, 0.15) is 6.54 Å². The molecule has 1 saturated heterocycles. The first kappa shape index (κ1) is 18.7. The van der Waals surface area contributed by atoms with Crippen molar-refractivity contribution < 1.29 is 14.4 Å². The van der Waals surface area contributed by atoms with E-state index in [2.05, 4.69) is 10.3 Å². The number of amides is 3. The lowest BCUT2D eigenvalue weighted by Crippen LogP contribution is -2.43. The number of aromatic nitrogens is 1. The van der Waals surface area contributed by atoms with Crippen LogP contribution in [-0.2, 0) is 20.8 Å². The normalized spacial score (nSPS) is 23.2. The second-order valence-corrected chi connectivity index (χ2v) is 9.05. The predicted octanol–water partition coefficient (Wildman–Crippen LogP) is 3.63. The van der Waals surface area contributed by atoms with Crippen LogP contribution in [0.4, 0.5) is 0 Å². The number of carbonyl (C=O) groups excluding carboxylic acids is 3. The molecule has 1 aliphatic heterocycles. The van der Waals surface area contributed by atoms with Crippen molar-refractivity contribution in [2.75, 3.05) is 6.54 Å². The Morgan fingerprint density at radius 2 is 2.03 bits per heavy atom. The van der Waals surface area contributed by atoms with E-state index in [-0.39, 0.29) is 36.7 Å². The Morgan fingerprint density at radius 3 is 2.83 bits per heavy atom. The Labute approximate surface area is 174 Å². The van der Waals surface area contributed by atoms with E-state index >= 15 is 0 Å².